The third-order valence-corrected chi connectivity index (χ3v) is 11.3. The largest absolute Gasteiger partial charge is 0.490 e. The standard InChI is InChI=1S/C42H52F2N8O4/c1-26(2)56-36-21-38-47-35(25-52(38)24-32(36)41(54)48-37-6-4-5-33(46-37)40(43)44)29-11-7-27(8-12-29)22-50(3)31-17-19-51(20-18-31)23-28-9-13-30(14-10-28)45-34-15-16-39(53)49-42(34)55/h4-6,9-10,13-14,21,24-27,29,31,34,40,45H,7-8,11-12,15-20,22-23H2,1-3H3,(H,46,48,54)(H,49,53,55). The molecule has 12 nitrogen and oxygen atoms in total. The first-order chi connectivity index (χ1) is 27.0. The number of ether oxygens (including phenoxy) is 1. The summed E-state index contributed by atoms with van der Waals surface area (Å²) in [6.07, 6.45) is 8.29. The number of amides is 3. The van der Waals surface area contributed by atoms with Crippen LogP contribution in [-0.4, -0.2) is 86.8 Å². The summed E-state index contributed by atoms with van der Waals surface area (Å²) in [7, 11) is 2.28. The highest BCUT2D eigenvalue weighted by molar-refractivity contribution is 6.06. The number of piperidine rings is 2. The predicted molar refractivity (Wildman–Crippen MR) is 210 cm³/mol. The molecule has 3 amide bonds. The summed E-state index contributed by atoms with van der Waals surface area (Å²) in [6, 6.07) is 14.4. The number of anilines is 2. The average molecular weight is 771 g/mol. The fourth-order valence-corrected chi connectivity index (χ4v) is 8.29. The smallest absolute Gasteiger partial charge is 0.280 e. The van der Waals surface area contributed by atoms with Crippen molar-refractivity contribution in [2.75, 3.05) is 37.3 Å². The molecule has 1 aromatic carbocycles. The van der Waals surface area contributed by atoms with Crippen molar-refractivity contribution in [3.05, 3.63) is 83.4 Å². The number of nitrogens with one attached hydrogen (secondary N) is 3. The SMILES string of the molecule is CC(C)Oc1cc2nc(C3CCC(CN(C)C4CCN(Cc5ccc(NC6CCC(=O)NC6=O)cc5)CC4)CC3)cn2cc1C(=O)Nc1cccc(C(F)F)n1. The lowest BCUT2D eigenvalue weighted by molar-refractivity contribution is -0.133. The van der Waals surface area contributed by atoms with E-state index in [0.29, 0.717) is 42.1 Å². The summed E-state index contributed by atoms with van der Waals surface area (Å²) in [5, 5.41) is 8.30. The molecule has 14 heteroatoms. The molecular weight excluding hydrogens is 719 g/mol. The molecule has 7 rings (SSSR count). The first-order valence-electron chi connectivity index (χ1n) is 19.8. The Kier molecular flexibility index (Phi) is 12.2. The van der Waals surface area contributed by atoms with Crippen molar-refractivity contribution in [1.82, 2.24) is 29.5 Å². The number of likely N-dealkylation sites (tertiary alicyclic amines) is 1. The number of rotatable bonds is 13. The quantitative estimate of drug-likeness (QED) is 0.126. The minimum atomic E-state index is -2.74. The van der Waals surface area contributed by atoms with Crippen LogP contribution in [0.15, 0.2) is 60.9 Å². The van der Waals surface area contributed by atoms with Gasteiger partial charge in [-0.25, -0.2) is 18.7 Å². The Morgan fingerprint density at radius 1 is 0.982 bits per heavy atom. The number of imidazole rings is 1. The van der Waals surface area contributed by atoms with Crippen molar-refractivity contribution in [2.45, 2.75) is 102 Å². The first-order valence-corrected chi connectivity index (χ1v) is 19.8. The van der Waals surface area contributed by atoms with Crippen molar-refractivity contribution < 1.29 is 27.9 Å². The Balaban J connectivity index is 0.882. The van der Waals surface area contributed by atoms with Gasteiger partial charge in [0.15, 0.2) is 0 Å². The van der Waals surface area contributed by atoms with Gasteiger partial charge in [-0.05, 0) is 115 Å². The van der Waals surface area contributed by atoms with E-state index in [1.807, 2.05) is 36.6 Å². The van der Waals surface area contributed by atoms with Crippen molar-refractivity contribution >= 4 is 34.9 Å². The van der Waals surface area contributed by atoms with Gasteiger partial charge in [0.1, 0.15) is 29.0 Å². The Morgan fingerprint density at radius 3 is 2.43 bits per heavy atom. The number of fused-ring (bicyclic) bond motifs is 1. The van der Waals surface area contributed by atoms with Crippen LogP contribution >= 0.6 is 0 Å². The van der Waals surface area contributed by atoms with E-state index >= 15 is 0 Å². The zero-order valence-electron chi connectivity index (χ0n) is 32.3. The van der Waals surface area contributed by atoms with Crippen LogP contribution in [0.1, 0.15) is 105 Å². The summed E-state index contributed by atoms with van der Waals surface area (Å²) in [4.78, 5) is 50.8. The number of pyridine rings is 2. The van der Waals surface area contributed by atoms with Gasteiger partial charge in [-0.15, -0.1) is 0 Å². The molecule has 2 aliphatic heterocycles. The minimum absolute atomic E-state index is 0.0462. The Morgan fingerprint density at radius 2 is 1.73 bits per heavy atom. The molecule has 1 saturated carbocycles. The number of halogens is 2. The molecule has 3 aromatic heterocycles. The van der Waals surface area contributed by atoms with Crippen molar-refractivity contribution in [3.63, 3.8) is 0 Å². The summed E-state index contributed by atoms with van der Waals surface area (Å²) < 4.78 is 34.3. The molecule has 0 spiro atoms. The molecule has 298 valence electrons. The first kappa shape index (κ1) is 39.3. The Hall–Kier alpha value is -4.95. The van der Waals surface area contributed by atoms with Gasteiger partial charge < -0.3 is 24.7 Å². The second kappa shape index (κ2) is 17.5. The summed E-state index contributed by atoms with van der Waals surface area (Å²) in [6.45, 7) is 7.87. The molecule has 3 N–H and O–H groups in total. The zero-order chi connectivity index (χ0) is 39.3. The molecule has 1 unspecified atom stereocenters. The highest BCUT2D eigenvalue weighted by atomic mass is 19.3. The minimum Gasteiger partial charge on any atom is -0.490 e. The van der Waals surface area contributed by atoms with E-state index in [-0.39, 0.29) is 35.3 Å². The maximum Gasteiger partial charge on any atom is 0.280 e. The Labute approximate surface area is 326 Å². The maximum atomic E-state index is 13.4. The molecule has 3 fully saturated rings. The molecule has 1 aliphatic carbocycles. The number of imide groups is 1. The van der Waals surface area contributed by atoms with Crippen LogP contribution in [0.3, 0.4) is 0 Å². The number of hydrogen-bond acceptors (Lipinski definition) is 9. The van der Waals surface area contributed by atoms with Crippen LogP contribution in [0.2, 0.25) is 0 Å². The third kappa shape index (κ3) is 9.70. The highest BCUT2D eigenvalue weighted by Gasteiger charge is 2.30. The predicted octanol–water partition coefficient (Wildman–Crippen LogP) is 6.79. The van der Waals surface area contributed by atoms with E-state index in [1.54, 1.807) is 12.3 Å². The summed E-state index contributed by atoms with van der Waals surface area (Å²) in [5.74, 6) is 0.415. The molecule has 1 atom stereocenters. The number of carbonyl (C=O) groups is 3. The number of aromatic nitrogens is 3. The highest BCUT2D eigenvalue weighted by Crippen LogP contribution is 2.37. The fraction of sp³-hybridized carbons (Fsp3) is 0.500. The van der Waals surface area contributed by atoms with E-state index in [2.05, 4.69) is 49.9 Å². The van der Waals surface area contributed by atoms with Gasteiger partial charge in [0.2, 0.25) is 11.8 Å². The molecule has 2 saturated heterocycles. The lowest BCUT2D eigenvalue weighted by atomic mass is 9.80. The second-order valence-corrected chi connectivity index (χ2v) is 15.9. The van der Waals surface area contributed by atoms with Crippen molar-refractivity contribution in [3.8, 4) is 5.75 Å². The maximum absolute atomic E-state index is 13.4. The Bertz CT molecular complexity index is 2010. The van der Waals surface area contributed by atoms with Gasteiger partial charge in [-0.2, -0.15) is 0 Å². The van der Waals surface area contributed by atoms with Gasteiger partial charge in [-0.1, -0.05) is 18.2 Å². The molecule has 3 aliphatic rings. The van der Waals surface area contributed by atoms with Crippen molar-refractivity contribution in [1.29, 1.82) is 0 Å². The molecule has 4 aromatic rings. The monoisotopic (exact) mass is 770 g/mol. The number of carbonyl (C=O) groups excluding carboxylic acids is 3. The number of hydrogen-bond donors (Lipinski definition) is 3. The van der Waals surface area contributed by atoms with Crippen molar-refractivity contribution in [2.24, 2.45) is 5.92 Å². The number of nitrogens with zero attached hydrogens (tertiary/aromatic N) is 5. The van der Waals surface area contributed by atoms with E-state index in [9.17, 15) is 23.2 Å². The van der Waals surface area contributed by atoms with Gasteiger partial charge in [-0.3, -0.25) is 24.6 Å². The molecule has 56 heavy (non-hydrogen) atoms. The third-order valence-electron chi connectivity index (χ3n) is 11.3. The van der Waals surface area contributed by atoms with Crippen LogP contribution in [0.4, 0.5) is 20.3 Å². The van der Waals surface area contributed by atoms with Gasteiger partial charge in [0, 0.05) is 55.6 Å². The van der Waals surface area contributed by atoms with Crippen LogP contribution in [0.5, 0.6) is 5.75 Å². The van der Waals surface area contributed by atoms with Crippen LogP contribution in [0.25, 0.3) is 5.65 Å². The van der Waals surface area contributed by atoms with E-state index < -0.39 is 18.0 Å². The van der Waals surface area contributed by atoms with E-state index in [4.69, 9.17) is 9.72 Å². The van der Waals surface area contributed by atoms with Gasteiger partial charge in [0.05, 0.1) is 17.4 Å². The summed E-state index contributed by atoms with van der Waals surface area (Å²) in [5.41, 5.74) is 3.69. The zero-order valence-corrected chi connectivity index (χ0v) is 32.3. The van der Waals surface area contributed by atoms with Gasteiger partial charge >= 0.3 is 0 Å². The average Bonchev–Trinajstić information content (AvgIpc) is 3.60. The van der Waals surface area contributed by atoms with Crippen LogP contribution in [-0.2, 0) is 16.1 Å². The molecule has 0 radical (unpaired) electrons. The van der Waals surface area contributed by atoms with E-state index in [1.165, 1.54) is 23.8 Å². The lowest BCUT2D eigenvalue weighted by Crippen LogP contribution is -2.47. The number of alkyl halides is 2. The van der Waals surface area contributed by atoms with E-state index in [0.717, 1.165) is 76.1 Å². The van der Waals surface area contributed by atoms with Crippen LogP contribution < -0.4 is 20.7 Å². The molecular formula is C42H52F2N8O4. The topological polar surface area (TPSA) is 133 Å². The molecule has 0 bridgehead atoms. The fourth-order valence-electron chi connectivity index (χ4n) is 8.29. The molecule has 5 heterocycles. The normalized spacial score (nSPS) is 21.2. The van der Waals surface area contributed by atoms with Gasteiger partial charge in [0.25, 0.3) is 12.3 Å². The second-order valence-electron chi connectivity index (χ2n) is 15.9. The summed E-state index contributed by atoms with van der Waals surface area (Å²) >= 11 is 0. The number of benzene rings is 1. The van der Waals surface area contributed by atoms with Crippen LogP contribution in [0, 0.1) is 5.92 Å². The lowest BCUT2D eigenvalue weighted by Gasteiger charge is -2.39.